The van der Waals surface area contributed by atoms with Crippen LogP contribution >= 0.6 is 0 Å². The van der Waals surface area contributed by atoms with Gasteiger partial charge in [0.1, 0.15) is 5.82 Å². The van der Waals surface area contributed by atoms with Gasteiger partial charge < -0.3 is 10.4 Å². The number of aliphatic carboxylic acids is 1. The molecule has 7 heteroatoms. The zero-order chi connectivity index (χ0) is 13.5. The van der Waals surface area contributed by atoms with Gasteiger partial charge >= 0.3 is 5.97 Å². The molecule has 1 atom stereocenters. The van der Waals surface area contributed by atoms with E-state index in [0.717, 1.165) is 6.42 Å². The van der Waals surface area contributed by atoms with Crippen LogP contribution in [0.15, 0.2) is 18.3 Å². The molecular weight excluding hydrogens is 238 g/mol. The summed E-state index contributed by atoms with van der Waals surface area (Å²) in [6, 6.07) is 2.57. The number of carboxylic acid groups (broad SMARTS) is 1. The van der Waals surface area contributed by atoms with E-state index in [1.807, 2.05) is 6.92 Å². The molecule has 0 fully saturated rings. The Morgan fingerprint density at radius 1 is 1.67 bits per heavy atom. The van der Waals surface area contributed by atoms with Crippen molar-refractivity contribution >= 4 is 17.5 Å². The first-order valence-corrected chi connectivity index (χ1v) is 5.61. The van der Waals surface area contributed by atoms with Crippen molar-refractivity contribution in [1.29, 1.82) is 0 Å². The summed E-state index contributed by atoms with van der Waals surface area (Å²) in [4.78, 5) is 24.9. The lowest BCUT2D eigenvalue weighted by molar-refractivity contribution is -0.384. The number of nitrogens with one attached hydrogen (secondary N) is 1. The summed E-state index contributed by atoms with van der Waals surface area (Å²) in [5.41, 5.74) is -0.0742. The summed E-state index contributed by atoms with van der Waals surface area (Å²) in [7, 11) is 0. The number of aromatic nitrogens is 1. The Balaban J connectivity index is 2.64. The van der Waals surface area contributed by atoms with Gasteiger partial charge in [-0.2, -0.15) is 0 Å². The van der Waals surface area contributed by atoms with Gasteiger partial charge in [-0.05, 0) is 6.42 Å². The van der Waals surface area contributed by atoms with Crippen LogP contribution in [0.2, 0.25) is 0 Å². The number of rotatable bonds is 7. The lowest BCUT2D eigenvalue weighted by atomic mass is 10.0. The smallest absolute Gasteiger partial charge is 0.308 e. The van der Waals surface area contributed by atoms with Gasteiger partial charge in [0.15, 0.2) is 0 Å². The van der Waals surface area contributed by atoms with E-state index in [1.54, 1.807) is 0 Å². The average Bonchev–Trinajstić information content (AvgIpc) is 2.34. The highest BCUT2D eigenvalue weighted by molar-refractivity contribution is 5.70. The molecule has 0 bridgehead atoms. The van der Waals surface area contributed by atoms with Crippen molar-refractivity contribution < 1.29 is 14.8 Å². The standard InChI is InChI=1S/C11H15N3O4/c1-2-3-8(11(15)16)7-13-10-6-9(14(17)18)4-5-12-10/h4-6,8H,2-3,7H2,1H3,(H,12,13)(H,15,16). The number of carboxylic acids is 1. The highest BCUT2D eigenvalue weighted by Crippen LogP contribution is 2.15. The third kappa shape index (κ3) is 4.00. The summed E-state index contributed by atoms with van der Waals surface area (Å²) in [6.45, 7) is 2.11. The third-order valence-electron chi connectivity index (χ3n) is 2.47. The molecular formula is C11H15N3O4. The maximum atomic E-state index is 10.9. The van der Waals surface area contributed by atoms with E-state index in [9.17, 15) is 14.9 Å². The van der Waals surface area contributed by atoms with Crippen molar-refractivity contribution in [3.8, 4) is 0 Å². The molecule has 0 aliphatic rings. The second-order valence-electron chi connectivity index (χ2n) is 3.86. The molecule has 2 N–H and O–H groups in total. The Bertz CT molecular complexity index is 436. The van der Waals surface area contributed by atoms with Crippen LogP contribution in [-0.2, 0) is 4.79 Å². The van der Waals surface area contributed by atoms with Crippen LogP contribution in [0.3, 0.4) is 0 Å². The van der Waals surface area contributed by atoms with E-state index >= 15 is 0 Å². The minimum Gasteiger partial charge on any atom is -0.481 e. The zero-order valence-corrected chi connectivity index (χ0v) is 10.00. The van der Waals surface area contributed by atoms with Crippen LogP contribution in [0, 0.1) is 16.0 Å². The molecule has 0 saturated heterocycles. The predicted octanol–water partition coefficient (Wildman–Crippen LogP) is 1.90. The number of nitro groups is 1. The Labute approximate surface area is 104 Å². The van der Waals surface area contributed by atoms with Crippen LogP contribution in [0.4, 0.5) is 11.5 Å². The molecule has 0 radical (unpaired) electrons. The molecule has 1 heterocycles. The lowest BCUT2D eigenvalue weighted by Gasteiger charge is -2.12. The van der Waals surface area contributed by atoms with Crippen molar-refractivity contribution in [2.45, 2.75) is 19.8 Å². The molecule has 1 aromatic rings. The molecule has 1 unspecified atom stereocenters. The normalized spacial score (nSPS) is 11.8. The first kappa shape index (κ1) is 13.9. The quantitative estimate of drug-likeness (QED) is 0.568. The number of hydrogen-bond donors (Lipinski definition) is 2. The van der Waals surface area contributed by atoms with Crippen LogP contribution in [0.1, 0.15) is 19.8 Å². The highest BCUT2D eigenvalue weighted by Gasteiger charge is 2.16. The number of hydrogen-bond acceptors (Lipinski definition) is 5. The van der Waals surface area contributed by atoms with E-state index in [1.165, 1.54) is 18.3 Å². The maximum Gasteiger partial charge on any atom is 0.308 e. The van der Waals surface area contributed by atoms with E-state index in [-0.39, 0.29) is 12.2 Å². The zero-order valence-electron chi connectivity index (χ0n) is 10.00. The van der Waals surface area contributed by atoms with Crippen molar-refractivity contribution in [3.05, 3.63) is 28.4 Å². The van der Waals surface area contributed by atoms with Crippen molar-refractivity contribution in [1.82, 2.24) is 4.98 Å². The van der Waals surface area contributed by atoms with Gasteiger partial charge in [0.2, 0.25) is 0 Å². The van der Waals surface area contributed by atoms with Crippen LogP contribution < -0.4 is 5.32 Å². The van der Waals surface area contributed by atoms with E-state index in [4.69, 9.17) is 5.11 Å². The van der Waals surface area contributed by atoms with Crippen LogP contribution in [-0.4, -0.2) is 27.5 Å². The van der Waals surface area contributed by atoms with Gasteiger partial charge in [-0.1, -0.05) is 13.3 Å². The summed E-state index contributed by atoms with van der Waals surface area (Å²) in [5, 5.41) is 22.3. The summed E-state index contributed by atoms with van der Waals surface area (Å²) in [6.07, 6.45) is 2.63. The molecule has 7 nitrogen and oxygen atoms in total. The number of anilines is 1. The molecule has 0 aromatic carbocycles. The van der Waals surface area contributed by atoms with E-state index in [2.05, 4.69) is 10.3 Å². The largest absolute Gasteiger partial charge is 0.481 e. The fourth-order valence-electron chi connectivity index (χ4n) is 1.52. The summed E-state index contributed by atoms with van der Waals surface area (Å²) in [5.74, 6) is -1.09. The fourth-order valence-corrected chi connectivity index (χ4v) is 1.52. The molecule has 18 heavy (non-hydrogen) atoms. The lowest BCUT2D eigenvalue weighted by Crippen LogP contribution is -2.23. The number of pyridine rings is 1. The van der Waals surface area contributed by atoms with Gasteiger partial charge in [-0.25, -0.2) is 4.98 Å². The van der Waals surface area contributed by atoms with Gasteiger partial charge in [0, 0.05) is 18.8 Å². The summed E-state index contributed by atoms with van der Waals surface area (Å²) < 4.78 is 0. The topological polar surface area (TPSA) is 105 Å². The Morgan fingerprint density at radius 2 is 2.39 bits per heavy atom. The average molecular weight is 253 g/mol. The molecule has 1 rings (SSSR count). The Hall–Kier alpha value is -2.18. The van der Waals surface area contributed by atoms with Gasteiger partial charge in [0.05, 0.1) is 16.9 Å². The predicted molar refractivity (Wildman–Crippen MR) is 65.4 cm³/mol. The first-order chi connectivity index (χ1) is 8.54. The van der Waals surface area contributed by atoms with Crippen LogP contribution in [0.5, 0.6) is 0 Å². The molecule has 0 saturated carbocycles. The Morgan fingerprint density at radius 3 is 2.94 bits per heavy atom. The van der Waals surface area contributed by atoms with Gasteiger partial charge in [-0.3, -0.25) is 14.9 Å². The second kappa shape index (κ2) is 6.53. The highest BCUT2D eigenvalue weighted by atomic mass is 16.6. The van der Waals surface area contributed by atoms with Crippen molar-refractivity contribution in [2.24, 2.45) is 5.92 Å². The molecule has 0 aliphatic heterocycles. The molecule has 0 aliphatic carbocycles. The monoisotopic (exact) mass is 253 g/mol. The van der Waals surface area contributed by atoms with Gasteiger partial charge in [0.25, 0.3) is 5.69 Å². The van der Waals surface area contributed by atoms with Crippen molar-refractivity contribution in [3.63, 3.8) is 0 Å². The minimum absolute atomic E-state index is 0.0742. The Kier molecular flexibility index (Phi) is 5.04. The molecule has 98 valence electrons. The molecule has 0 spiro atoms. The van der Waals surface area contributed by atoms with E-state index < -0.39 is 16.8 Å². The SMILES string of the molecule is CCCC(CNc1cc([N+](=O)[O-])ccn1)C(=O)O. The third-order valence-corrected chi connectivity index (χ3v) is 2.47. The van der Waals surface area contributed by atoms with E-state index in [0.29, 0.717) is 12.2 Å². The van der Waals surface area contributed by atoms with Crippen molar-refractivity contribution in [2.75, 3.05) is 11.9 Å². The number of nitrogens with zero attached hydrogens (tertiary/aromatic N) is 2. The van der Waals surface area contributed by atoms with Gasteiger partial charge in [-0.15, -0.1) is 0 Å². The number of carbonyl (C=O) groups is 1. The minimum atomic E-state index is -0.880. The summed E-state index contributed by atoms with van der Waals surface area (Å²) >= 11 is 0. The second-order valence-corrected chi connectivity index (χ2v) is 3.86. The first-order valence-electron chi connectivity index (χ1n) is 5.61. The molecule has 0 amide bonds. The molecule has 1 aromatic heterocycles. The fraction of sp³-hybridized carbons (Fsp3) is 0.455. The maximum absolute atomic E-state index is 10.9. The van der Waals surface area contributed by atoms with Crippen LogP contribution in [0.25, 0.3) is 0 Å².